The smallest absolute Gasteiger partial charge is 0.147 e. The Bertz CT molecular complexity index is 1060. The Hall–Kier alpha value is -1.87. The van der Waals surface area contributed by atoms with Crippen molar-refractivity contribution < 1.29 is 9.47 Å². The Morgan fingerprint density at radius 1 is 1.21 bits per heavy atom. The Morgan fingerprint density at radius 3 is 2.86 bits per heavy atom. The Balaban J connectivity index is 1.50. The molecule has 3 aromatic heterocycles. The zero-order valence-corrected chi connectivity index (χ0v) is 18.1. The molecule has 1 saturated heterocycles. The van der Waals surface area contributed by atoms with Gasteiger partial charge < -0.3 is 14.8 Å². The quantitative estimate of drug-likeness (QED) is 0.704. The number of pyridine rings is 1. The van der Waals surface area contributed by atoms with E-state index in [0.717, 1.165) is 72.4 Å². The van der Waals surface area contributed by atoms with Gasteiger partial charge in [0.1, 0.15) is 17.0 Å². The third kappa shape index (κ3) is 3.59. The molecule has 1 N–H and O–H groups in total. The van der Waals surface area contributed by atoms with Gasteiger partial charge in [-0.3, -0.25) is 4.90 Å². The number of fused-ring (bicyclic) bond motifs is 5. The summed E-state index contributed by atoms with van der Waals surface area (Å²) in [6.45, 7) is 12.5. The van der Waals surface area contributed by atoms with E-state index in [1.54, 1.807) is 17.7 Å². The normalized spacial score (nSPS) is 19.6. The van der Waals surface area contributed by atoms with Gasteiger partial charge in [0.25, 0.3) is 0 Å². The summed E-state index contributed by atoms with van der Waals surface area (Å²) in [6, 6.07) is 0. The summed E-state index contributed by atoms with van der Waals surface area (Å²) in [5.41, 5.74) is 4.46. The molecule has 29 heavy (non-hydrogen) atoms. The van der Waals surface area contributed by atoms with Crippen molar-refractivity contribution in [3.05, 3.63) is 23.1 Å². The van der Waals surface area contributed by atoms with Crippen LogP contribution in [-0.2, 0) is 22.5 Å². The van der Waals surface area contributed by atoms with Crippen molar-refractivity contribution in [1.29, 1.82) is 0 Å². The number of nitrogens with zero attached hydrogens (tertiary/aromatic N) is 4. The van der Waals surface area contributed by atoms with Gasteiger partial charge in [0, 0.05) is 49.2 Å². The van der Waals surface area contributed by atoms with Crippen LogP contribution in [0.4, 0.5) is 5.82 Å². The van der Waals surface area contributed by atoms with Crippen molar-refractivity contribution in [2.45, 2.75) is 39.4 Å². The lowest BCUT2D eigenvalue weighted by molar-refractivity contribution is -0.0400. The third-order valence-electron chi connectivity index (χ3n) is 5.86. The van der Waals surface area contributed by atoms with Gasteiger partial charge >= 0.3 is 0 Å². The summed E-state index contributed by atoms with van der Waals surface area (Å²) in [5, 5.41) is 4.71. The summed E-state index contributed by atoms with van der Waals surface area (Å²) >= 11 is 1.69. The summed E-state index contributed by atoms with van der Waals surface area (Å²) < 4.78 is 12.6. The molecule has 8 heteroatoms. The predicted octanol–water partition coefficient (Wildman–Crippen LogP) is 3.14. The molecule has 0 saturated carbocycles. The van der Waals surface area contributed by atoms with Crippen LogP contribution in [0.2, 0.25) is 0 Å². The molecular weight excluding hydrogens is 386 g/mol. The molecule has 0 aromatic carbocycles. The molecule has 1 fully saturated rings. The average Bonchev–Trinajstić information content (AvgIpc) is 3.07. The van der Waals surface area contributed by atoms with Crippen molar-refractivity contribution in [1.82, 2.24) is 19.9 Å². The van der Waals surface area contributed by atoms with Crippen molar-refractivity contribution in [2.75, 3.05) is 44.7 Å². The number of nitrogens with one attached hydrogen (secondary N) is 1. The fraction of sp³-hybridized carbons (Fsp3) is 0.571. The van der Waals surface area contributed by atoms with Gasteiger partial charge in [-0.15, -0.1) is 11.3 Å². The highest BCUT2D eigenvalue weighted by molar-refractivity contribution is 7.26. The molecule has 3 aromatic rings. The highest BCUT2D eigenvalue weighted by Gasteiger charge is 2.30. The maximum absolute atomic E-state index is 6.05. The number of aromatic nitrogens is 3. The largest absolute Gasteiger partial charge is 0.379 e. The fourth-order valence-corrected chi connectivity index (χ4v) is 5.42. The minimum atomic E-state index is -0.172. The molecule has 2 aliphatic heterocycles. The number of anilines is 1. The van der Waals surface area contributed by atoms with Crippen LogP contribution in [0.3, 0.4) is 0 Å². The molecule has 0 atom stereocenters. The van der Waals surface area contributed by atoms with E-state index in [2.05, 4.69) is 41.0 Å². The van der Waals surface area contributed by atoms with E-state index < -0.39 is 0 Å². The zero-order chi connectivity index (χ0) is 20.0. The van der Waals surface area contributed by atoms with Crippen LogP contribution in [0, 0.1) is 6.92 Å². The van der Waals surface area contributed by atoms with E-state index >= 15 is 0 Å². The van der Waals surface area contributed by atoms with E-state index in [1.807, 2.05) is 0 Å². The van der Waals surface area contributed by atoms with Crippen LogP contribution in [0.15, 0.2) is 6.33 Å². The third-order valence-corrected chi connectivity index (χ3v) is 6.94. The number of hydrogen-bond acceptors (Lipinski definition) is 8. The van der Waals surface area contributed by atoms with Crippen molar-refractivity contribution in [3.63, 3.8) is 0 Å². The van der Waals surface area contributed by atoms with Gasteiger partial charge in [-0.25, -0.2) is 15.0 Å². The minimum Gasteiger partial charge on any atom is -0.379 e. The number of aryl methyl sites for hydroxylation is 1. The van der Waals surface area contributed by atoms with Crippen LogP contribution >= 0.6 is 11.3 Å². The Kier molecular flexibility index (Phi) is 4.90. The van der Waals surface area contributed by atoms with Gasteiger partial charge in [-0.05, 0) is 26.3 Å². The minimum absolute atomic E-state index is 0.172. The number of ether oxygens (including phenoxy) is 2. The fourth-order valence-electron chi connectivity index (χ4n) is 4.25. The summed E-state index contributed by atoms with van der Waals surface area (Å²) in [7, 11) is 0. The Morgan fingerprint density at radius 2 is 2.03 bits per heavy atom. The van der Waals surface area contributed by atoms with Gasteiger partial charge in [-0.2, -0.15) is 0 Å². The van der Waals surface area contributed by atoms with E-state index in [1.165, 1.54) is 16.5 Å². The summed E-state index contributed by atoms with van der Waals surface area (Å²) in [6.07, 6.45) is 2.54. The number of thiophene rings is 1. The molecule has 5 rings (SSSR count). The van der Waals surface area contributed by atoms with Gasteiger partial charge in [0.05, 0.1) is 35.6 Å². The molecule has 0 radical (unpaired) electrons. The number of morpholine rings is 1. The highest BCUT2D eigenvalue weighted by atomic mass is 32.1. The molecule has 7 nitrogen and oxygen atoms in total. The second-order valence-electron chi connectivity index (χ2n) is 8.44. The first-order valence-corrected chi connectivity index (χ1v) is 11.1. The van der Waals surface area contributed by atoms with E-state index in [4.69, 9.17) is 14.5 Å². The molecule has 5 heterocycles. The number of rotatable bonds is 4. The summed E-state index contributed by atoms with van der Waals surface area (Å²) in [5.74, 6) is 0.906. The van der Waals surface area contributed by atoms with E-state index in [0.29, 0.717) is 6.61 Å². The monoisotopic (exact) mass is 413 g/mol. The number of hydrogen-bond donors (Lipinski definition) is 1. The van der Waals surface area contributed by atoms with Crippen molar-refractivity contribution >= 4 is 37.6 Å². The van der Waals surface area contributed by atoms with Crippen LogP contribution < -0.4 is 5.32 Å². The van der Waals surface area contributed by atoms with Gasteiger partial charge in [-0.1, -0.05) is 0 Å². The van der Waals surface area contributed by atoms with Crippen LogP contribution in [0.5, 0.6) is 0 Å². The van der Waals surface area contributed by atoms with Crippen LogP contribution in [0.1, 0.15) is 30.7 Å². The van der Waals surface area contributed by atoms with E-state index in [9.17, 15) is 0 Å². The molecule has 2 aliphatic rings. The van der Waals surface area contributed by atoms with Gasteiger partial charge in [0.2, 0.25) is 0 Å². The summed E-state index contributed by atoms with van der Waals surface area (Å²) in [4.78, 5) is 17.6. The molecule has 0 unspecified atom stereocenters. The average molecular weight is 414 g/mol. The van der Waals surface area contributed by atoms with Crippen molar-refractivity contribution in [3.8, 4) is 0 Å². The first-order chi connectivity index (χ1) is 14.0. The molecule has 0 bridgehead atoms. The first kappa shape index (κ1) is 19.1. The lowest BCUT2D eigenvalue weighted by Gasteiger charge is -2.32. The molecule has 0 amide bonds. The lowest BCUT2D eigenvalue weighted by atomic mass is 9.89. The second-order valence-corrected chi connectivity index (χ2v) is 9.44. The topological polar surface area (TPSA) is 72.4 Å². The molecule has 154 valence electrons. The van der Waals surface area contributed by atoms with Gasteiger partial charge in [0.15, 0.2) is 0 Å². The van der Waals surface area contributed by atoms with Crippen LogP contribution in [-0.4, -0.2) is 64.8 Å². The maximum Gasteiger partial charge on any atom is 0.147 e. The standard InChI is InChI=1S/C21H27N5O2S/c1-13-15-11-28-21(2,3)10-14(15)16-17-18(29-20(16)25-13)19(24-12-23-17)22-4-5-26-6-8-27-9-7-26/h12H,4-11H2,1-3H3,(H,22,23,24). The zero-order valence-electron chi connectivity index (χ0n) is 17.2. The predicted molar refractivity (Wildman–Crippen MR) is 116 cm³/mol. The SMILES string of the molecule is Cc1nc2sc3c(NCCN4CCOCC4)ncnc3c2c2c1COC(C)(C)C2. The molecule has 0 aliphatic carbocycles. The first-order valence-electron chi connectivity index (χ1n) is 10.3. The Labute approximate surface area is 174 Å². The highest BCUT2D eigenvalue weighted by Crippen LogP contribution is 2.41. The lowest BCUT2D eigenvalue weighted by Crippen LogP contribution is -2.39. The molecular formula is C21H27N5O2S. The molecule has 0 spiro atoms. The van der Waals surface area contributed by atoms with Crippen molar-refractivity contribution in [2.24, 2.45) is 0 Å². The second kappa shape index (κ2) is 7.43. The van der Waals surface area contributed by atoms with E-state index in [-0.39, 0.29) is 5.60 Å². The van der Waals surface area contributed by atoms with Crippen LogP contribution in [0.25, 0.3) is 20.4 Å². The maximum atomic E-state index is 6.05.